The quantitative estimate of drug-likeness (QED) is 0.354. The molecule has 2 aliphatic rings. The number of ketones is 1. The van der Waals surface area contributed by atoms with Gasteiger partial charge in [-0.15, -0.1) is 11.3 Å². The Balaban J connectivity index is 1.36. The van der Waals surface area contributed by atoms with Gasteiger partial charge < -0.3 is 15.2 Å². The molecule has 1 fully saturated rings. The largest absolute Gasteiger partial charge is 0.391 e. The van der Waals surface area contributed by atoms with Crippen LogP contribution in [0, 0.1) is 19.8 Å². The summed E-state index contributed by atoms with van der Waals surface area (Å²) in [5.74, 6) is -0.338. The predicted molar refractivity (Wildman–Crippen MR) is 142 cm³/mol. The summed E-state index contributed by atoms with van der Waals surface area (Å²) in [6, 6.07) is 7.86. The van der Waals surface area contributed by atoms with Gasteiger partial charge in [-0.25, -0.2) is 15.1 Å². The van der Waals surface area contributed by atoms with Crippen LogP contribution in [0.5, 0.6) is 0 Å². The fraction of sp³-hybridized carbons (Fsp3) is 0.423. The number of aliphatic hydroxyl groups is 1. The molecule has 0 spiro atoms. The fourth-order valence-electron chi connectivity index (χ4n) is 5.19. The van der Waals surface area contributed by atoms with Gasteiger partial charge in [0.05, 0.1) is 35.8 Å². The molecular formula is C26H30N4O6S2. The third-order valence-corrected chi connectivity index (χ3v) is 8.70. The molecule has 5 rings (SSSR count). The smallest absolute Gasteiger partial charge is 0.333 e. The lowest BCUT2D eigenvalue weighted by Gasteiger charge is -2.26. The molecule has 0 radical (unpaired) electrons. The van der Waals surface area contributed by atoms with Crippen molar-refractivity contribution in [2.45, 2.75) is 51.4 Å². The van der Waals surface area contributed by atoms with E-state index in [9.17, 15) is 18.3 Å². The van der Waals surface area contributed by atoms with E-state index < -0.39 is 28.4 Å². The zero-order valence-corrected chi connectivity index (χ0v) is 22.7. The molecular weight excluding hydrogens is 528 g/mol. The third-order valence-electron chi connectivity index (χ3n) is 7.17. The Kier molecular flexibility index (Phi) is 7.63. The molecule has 12 heteroatoms. The maximum Gasteiger partial charge on any atom is 0.333 e. The van der Waals surface area contributed by atoms with Gasteiger partial charge in [0.25, 0.3) is 0 Å². The number of fused-ring (bicyclic) bond motifs is 1. The van der Waals surface area contributed by atoms with E-state index in [0.29, 0.717) is 30.1 Å². The molecule has 38 heavy (non-hydrogen) atoms. The molecule has 4 atom stereocenters. The van der Waals surface area contributed by atoms with E-state index in [1.165, 1.54) is 29.4 Å². The third kappa shape index (κ3) is 5.65. The number of hydrogen-bond donors (Lipinski definition) is 3. The highest BCUT2D eigenvalue weighted by Crippen LogP contribution is 2.39. The number of nitrogens with two attached hydrogens (primary N) is 1. The number of aliphatic hydroxyl groups excluding tert-OH is 1. The van der Waals surface area contributed by atoms with Gasteiger partial charge in [0, 0.05) is 17.0 Å². The van der Waals surface area contributed by atoms with Crippen molar-refractivity contribution in [1.82, 2.24) is 9.97 Å². The van der Waals surface area contributed by atoms with Crippen molar-refractivity contribution in [3.63, 3.8) is 0 Å². The van der Waals surface area contributed by atoms with Crippen molar-refractivity contribution in [3.05, 3.63) is 74.4 Å². The fourth-order valence-corrected chi connectivity index (χ4v) is 6.56. The van der Waals surface area contributed by atoms with Crippen LogP contribution >= 0.6 is 11.3 Å². The van der Waals surface area contributed by atoms with Crippen molar-refractivity contribution in [3.8, 4) is 0 Å². The van der Waals surface area contributed by atoms with Gasteiger partial charge >= 0.3 is 10.3 Å². The van der Waals surface area contributed by atoms with E-state index in [2.05, 4.69) is 44.6 Å². The number of rotatable bonds is 8. The van der Waals surface area contributed by atoms with Gasteiger partial charge in [0.2, 0.25) is 5.78 Å². The normalized spacial score (nSPS) is 23.3. The summed E-state index contributed by atoms with van der Waals surface area (Å²) in [5, 5.41) is 18.8. The predicted octanol–water partition coefficient (Wildman–Crippen LogP) is 2.82. The number of anilines is 1. The number of aryl methyl sites for hydroxylation is 2. The summed E-state index contributed by atoms with van der Waals surface area (Å²) >= 11 is 1.40. The Hall–Kier alpha value is -2.74. The van der Waals surface area contributed by atoms with Crippen molar-refractivity contribution < 1.29 is 27.2 Å². The zero-order chi connectivity index (χ0) is 27.0. The van der Waals surface area contributed by atoms with Crippen molar-refractivity contribution in [2.24, 2.45) is 11.1 Å². The molecule has 0 amide bonds. The highest BCUT2D eigenvalue weighted by atomic mass is 32.2. The summed E-state index contributed by atoms with van der Waals surface area (Å²) < 4.78 is 33.1. The summed E-state index contributed by atoms with van der Waals surface area (Å²) in [4.78, 5) is 23.5. The molecule has 0 saturated heterocycles. The molecule has 10 nitrogen and oxygen atoms in total. The summed E-state index contributed by atoms with van der Waals surface area (Å²) in [6.45, 7) is 4.45. The van der Waals surface area contributed by atoms with E-state index in [1.807, 2.05) is 13.0 Å². The Bertz CT molecular complexity index is 1460. The molecule has 4 N–H and O–H groups in total. The molecule has 2 aromatic heterocycles. The molecule has 3 aromatic rings. The number of nitrogens with one attached hydrogen (secondary N) is 1. The van der Waals surface area contributed by atoms with E-state index in [4.69, 9.17) is 9.88 Å². The number of nitrogens with zero attached hydrogens (tertiary/aromatic N) is 2. The Morgan fingerprint density at radius 3 is 2.87 bits per heavy atom. The molecule has 1 saturated carbocycles. The van der Waals surface area contributed by atoms with Gasteiger partial charge in [0.15, 0.2) is 0 Å². The van der Waals surface area contributed by atoms with Gasteiger partial charge in [-0.1, -0.05) is 23.8 Å². The van der Waals surface area contributed by atoms with E-state index >= 15 is 0 Å². The first kappa shape index (κ1) is 26.9. The number of carbonyl (C=O) groups excluding carboxylic acids is 1. The molecule has 1 aliphatic carbocycles. The number of hydrogen-bond acceptors (Lipinski definition) is 10. The van der Waals surface area contributed by atoms with E-state index in [-0.39, 0.29) is 24.1 Å². The Morgan fingerprint density at radius 2 is 2.08 bits per heavy atom. The van der Waals surface area contributed by atoms with E-state index in [1.54, 1.807) is 0 Å². The second kappa shape index (κ2) is 10.8. The highest BCUT2D eigenvalue weighted by molar-refractivity contribution is 7.84. The number of ether oxygens (including phenoxy) is 1. The van der Waals surface area contributed by atoms with Crippen LogP contribution in [0.4, 0.5) is 5.82 Å². The van der Waals surface area contributed by atoms with Crippen LogP contribution < -0.4 is 10.5 Å². The van der Waals surface area contributed by atoms with Crippen molar-refractivity contribution in [2.75, 3.05) is 18.5 Å². The molecule has 1 aliphatic heterocycles. The number of benzene rings is 1. The monoisotopic (exact) mass is 558 g/mol. The maximum absolute atomic E-state index is 13.6. The lowest BCUT2D eigenvalue weighted by molar-refractivity contribution is 0.0697. The Morgan fingerprint density at radius 1 is 1.26 bits per heavy atom. The summed E-state index contributed by atoms with van der Waals surface area (Å²) in [7, 11) is -4.09. The first-order valence-corrected chi connectivity index (χ1v) is 14.7. The van der Waals surface area contributed by atoms with Crippen LogP contribution in [0.2, 0.25) is 0 Å². The molecule has 2 unspecified atom stereocenters. The molecule has 1 aromatic carbocycles. The first-order chi connectivity index (χ1) is 18.1. The van der Waals surface area contributed by atoms with Crippen LogP contribution in [0.1, 0.15) is 61.3 Å². The minimum atomic E-state index is -4.09. The van der Waals surface area contributed by atoms with Crippen LogP contribution in [-0.4, -0.2) is 54.6 Å². The molecule has 3 heterocycles. The number of thiophene rings is 1. The standard InChI is InChI=1S/C26H30N4O6S2/c1-14-3-4-16-7-8-35-25(19(16)9-14)18-10-22(37-15(18)2)24(32)20-11-28-13-29-26(20)30-21-6-5-17(23(21)31)12-36-38(27,33)34/h3-4,9-11,13,17,21,23,25,31H,5-8,12H2,1-2H3,(H2,27,33,34)(H,28,29,30)/t17-,21?,23-,25?/m1/s1. The first-order valence-electron chi connectivity index (χ1n) is 12.4. The number of carbonyl (C=O) groups is 1. The zero-order valence-electron chi connectivity index (χ0n) is 21.1. The van der Waals surface area contributed by atoms with Crippen LogP contribution in [0.15, 0.2) is 36.8 Å². The SMILES string of the molecule is Cc1ccc2c(c1)C(c1cc(C(=O)c3cncnc3NC3CC[C@H](COS(N)(=O)=O)[C@H]3O)sc1C)OCC2. The number of aromatic nitrogens is 2. The van der Waals surface area contributed by atoms with Gasteiger partial charge in [0.1, 0.15) is 18.2 Å². The summed E-state index contributed by atoms with van der Waals surface area (Å²) in [6.07, 6.45) is 3.59. The second-order valence-corrected chi connectivity index (χ2v) is 12.3. The lowest BCUT2D eigenvalue weighted by atomic mass is 9.91. The topological polar surface area (TPSA) is 154 Å². The summed E-state index contributed by atoms with van der Waals surface area (Å²) in [5.41, 5.74) is 4.82. The minimum Gasteiger partial charge on any atom is -0.391 e. The van der Waals surface area contributed by atoms with E-state index in [0.717, 1.165) is 28.0 Å². The van der Waals surface area contributed by atoms with Crippen LogP contribution in [0.25, 0.3) is 0 Å². The average molecular weight is 559 g/mol. The van der Waals surface area contributed by atoms with Gasteiger partial charge in [-0.3, -0.25) is 8.98 Å². The van der Waals surface area contributed by atoms with Crippen LogP contribution in [-0.2, 0) is 25.6 Å². The van der Waals surface area contributed by atoms with Crippen LogP contribution in [0.3, 0.4) is 0 Å². The van der Waals surface area contributed by atoms with Gasteiger partial charge in [-0.05, 0) is 55.9 Å². The minimum absolute atomic E-state index is 0.211. The van der Waals surface area contributed by atoms with Crippen molar-refractivity contribution >= 4 is 33.2 Å². The molecule has 0 bridgehead atoms. The lowest BCUT2D eigenvalue weighted by Crippen LogP contribution is -2.35. The highest BCUT2D eigenvalue weighted by Gasteiger charge is 2.36. The van der Waals surface area contributed by atoms with Crippen molar-refractivity contribution in [1.29, 1.82) is 0 Å². The second-order valence-electron chi connectivity index (χ2n) is 9.80. The van der Waals surface area contributed by atoms with Gasteiger partial charge in [-0.2, -0.15) is 8.42 Å². The maximum atomic E-state index is 13.6. The molecule has 202 valence electrons. The Labute approximate surface area is 225 Å². The average Bonchev–Trinajstić information content (AvgIpc) is 3.44.